The number of rotatable bonds is 5. The maximum Gasteiger partial charge on any atom is 0.223 e. The molecule has 6 nitrogen and oxygen atoms in total. The molecule has 1 atom stereocenters. The van der Waals surface area contributed by atoms with Crippen LogP contribution in [-0.4, -0.2) is 53.5 Å². The number of ether oxygens (including phenoxy) is 1. The summed E-state index contributed by atoms with van der Waals surface area (Å²) in [6, 6.07) is 1.57. The van der Waals surface area contributed by atoms with Crippen molar-refractivity contribution >= 4 is 5.91 Å². The third kappa shape index (κ3) is 4.34. The molecule has 0 aliphatic carbocycles. The van der Waals surface area contributed by atoms with Crippen LogP contribution in [0.25, 0.3) is 0 Å². The minimum Gasteiger partial charge on any atom is -0.491 e. The van der Waals surface area contributed by atoms with Gasteiger partial charge in [-0.3, -0.25) is 9.59 Å². The molecule has 1 aliphatic rings. The van der Waals surface area contributed by atoms with E-state index in [2.05, 4.69) is 30.7 Å². The summed E-state index contributed by atoms with van der Waals surface area (Å²) in [5.41, 5.74) is 0.603. The molecular formula is C17H27N3O3. The van der Waals surface area contributed by atoms with Crippen molar-refractivity contribution in [2.45, 2.75) is 39.3 Å². The molecule has 0 bridgehead atoms. The molecule has 1 saturated heterocycles. The van der Waals surface area contributed by atoms with Gasteiger partial charge in [0.2, 0.25) is 11.3 Å². The summed E-state index contributed by atoms with van der Waals surface area (Å²) in [5, 5.41) is 0. The SMILES string of the molecule is COc1c[nH]c(CN(C)CC2CC(=O)N(C(C)(C)C)C2)cc1=O. The molecule has 1 amide bonds. The highest BCUT2D eigenvalue weighted by atomic mass is 16.5. The summed E-state index contributed by atoms with van der Waals surface area (Å²) < 4.78 is 4.97. The second-order valence-electron chi connectivity index (χ2n) is 7.33. The molecule has 2 rings (SSSR count). The van der Waals surface area contributed by atoms with Crippen LogP contribution in [-0.2, 0) is 11.3 Å². The van der Waals surface area contributed by atoms with Crippen LogP contribution in [0.3, 0.4) is 0 Å². The van der Waals surface area contributed by atoms with E-state index in [4.69, 9.17) is 4.74 Å². The zero-order valence-corrected chi connectivity index (χ0v) is 14.7. The van der Waals surface area contributed by atoms with Gasteiger partial charge < -0.3 is 19.5 Å². The molecule has 1 N–H and O–H groups in total. The van der Waals surface area contributed by atoms with Crippen LogP contribution in [0.5, 0.6) is 5.75 Å². The summed E-state index contributed by atoms with van der Waals surface area (Å²) >= 11 is 0. The van der Waals surface area contributed by atoms with E-state index in [0.29, 0.717) is 24.6 Å². The minimum absolute atomic E-state index is 0.119. The molecule has 2 heterocycles. The number of amides is 1. The van der Waals surface area contributed by atoms with E-state index in [-0.39, 0.29) is 16.9 Å². The molecule has 1 aromatic rings. The summed E-state index contributed by atoms with van der Waals surface area (Å²) in [7, 11) is 3.49. The number of carbonyl (C=O) groups excluding carboxylic acids is 1. The zero-order valence-electron chi connectivity index (χ0n) is 14.7. The molecule has 1 aliphatic heterocycles. The van der Waals surface area contributed by atoms with Crippen LogP contribution in [0.1, 0.15) is 32.9 Å². The van der Waals surface area contributed by atoms with Crippen molar-refractivity contribution < 1.29 is 9.53 Å². The third-order valence-electron chi connectivity index (χ3n) is 4.18. The number of likely N-dealkylation sites (tertiary alicyclic amines) is 1. The number of carbonyl (C=O) groups is 1. The Kier molecular flexibility index (Phi) is 5.14. The number of pyridine rings is 1. The van der Waals surface area contributed by atoms with Crippen molar-refractivity contribution in [2.75, 3.05) is 27.2 Å². The first kappa shape index (κ1) is 17.5. The van der Waals surface area contributed by atoms with Gasteiger partial charge in [-0.1, -0.05) is 0 Å². The molecule has 0 aromatic carbocycles. The van der Waals surface area contributed by atoms with Crippen LogP contribution in [0.15, 0.2) is 17.1 Å². The Morgan fingerprint density at radius 1 is 1.39 bits per heavy atom. The Morgan fingerprint density at radius 2 is 2.09 bits per heavy atom. The van der Waals surface area contributed by atoms with Crippen LogP contribution < -0.4 is 10.2 Å². The summed E-state index contributed by atoms with van der Waals surface area (Å²) in [4.78, 5) is 31.1. The highest BCUT2D eigenvalue weighted by Crippen LogP contribution is 2.26. The second kappa shape index (κ2) is 6.74. The minimum atomic E-state index is -0.121. The number of methoxy groups -OCH3 is 1. The van der Waals surface area contributed by atoms with Crippen LogP contribution in [0.4, 0.5) is 0 Å². The molecule has 1 unspecified atom stereocenters. The lowest BCUT2D eigenvalue weighted by molar-refractivity contribution is -0.131. The maximum absolute atomic E-state index is 12.1. The first-order chi connectivity index (χ1) is 10.7. The van der Waals surface area contributed by atoms with Crippen molar-refractivity contribution in [1.29, 1.82) is 0 Å². The highest BCUT2D eigenvalue weighted by molar-refractivity contribution is 5.79. The van der Waals surface area contributed by atoms with Gasteiger partial charge in [0, 0.05) is 49.6 Å². The predicted octanol–water partition coefficient (Wildman–Crippen LogP) is 1.46. The fourth-order valence-electron chi connectivity index (χ4n) is 3.10. The third-order valence-corrected chi connectivity index (χ3v) is 4.18. The largest absolute Gasteiger partial charge is 0.491 e. The molecular weight excluding hydrogens is 294 g/mol. The van der Waals surface area contributed by atoms with E-state index in [1.807, 2.05) is 11.9 Å². The number of hydrogen-bond donors (Lipinski definition) is 1. The van der Waals surface area contributed by atoms with Crippen molar-refractivity contribution in [2.24, 2.45) is 5.92 Å². The fourth-order valence-corrected chi connectivity index (χ4v) is 3.10. The zero-order chi connectivity index (χ0) is 17.2. The van der Waals surface area contributed by atoms with Gasteiger partial charge in [-0.2, -0.15) is 0 Å². The first-order valence-corrected chi connectivity index (χ1v) is 7.95. The monoisotopic (exact) mass is 321 g/mol. The number of hydrogen-bond acceptors (Lipinski definition) is 4. The van der Waals surface area contributed by atoms with Crippen LogP contribution in [0.2, 0.25) is 0 Å². The Morgan fingerprint density at radius 3 is 2.61 bits per heavy atom. The van der Waals surface area contributed by atoms with Gasteiger partial charge in [0.15, 0.2) is 5.75 Å². The average molecular weight is 321 g/mol. The van der Waals surface area contributed by atoms with Crippen LogP contribution in [0, 0.1) is 5.92 Å². The Labute approximate surface area is 137 Å². The van der Waals surface area contributed by atoms with Gasteiger partial charge in [0.25, 0.3) is 0 Å². The maximum atomic E-state index is 12.1. The van der Waals surface area contributed by atoms with Crippen molar-refractivity contribution in [3.05, 3.63) is 28.2 Å². The first-order valence-electron chi connectivity index (χ1n) is 7.95. The van der Waals surface area contributed by atoms with Gasteiger partial charge >= 0.3 is 0 Å². The van der Waals surface area contributed by atoms with E-state index < -0.39 is 0 Å². The molecule has 1 aromatic heterocycles. The number of H-pyrrole nitrogens is 1. The average Bonchev–Trinajstić information content (AvgIpc) is 2.79. The molecule has 0 radical (unpaired) electrons. The number of nitrogens with one attached hydrogen (secondary N) is 1. The molecule has 23 heavy (non-hydrogen) atoms. The number of aromatic amines is 1. The Bertz CT molecular complexity index is 618. The topological polar surface area (TPSA) is 65.6 Å². The van der Waals surface area contributed by atoms with Gasteiger partial charge in [0.1, 0.15) is 0 Å². The summed E-state index contributed by atoms with van der Waals surface area (Å²) in [6.07, 6.45) is 2.19. The van der Waals surface area contributed by atoms with E-state index in [9.17, 15) is 9.59 Å². The summed E-state index contributed by atoms with van der Waals surface area (Å²) in [6.45, 7) is 8.47. The standard InChI is InChI=1S/C17H27N3O3/c1-17(2,3)20-10-12(6-16(20)22)9-19(4)11-13-7-14(21)15(23-5)8-18-13/h7-8,12H,6,9-11H2,1-5H3,(H,18,21). The lowest BCUT2D eigenvalue weighted by atomic mass is 10.1. The Balaban J connectivity index is 1.93. The Hall–Kier alpha value is -1.82. The predicted molar refractivity (Wildman–Crippen MR) is 89.5 cm³/mol. The van der Waals surface area contributed by atoms with Gasteiger partial charge in [-0.15, -0.1) is 0 Å². The van der Waals surface area contributed by atoms with Gasteiger partial charge in [-0.05, 0) is 33.7 Å². The lowest BCUT2D eigenvalue weighted by Crippen LogP contribution is -2.42. The van der Waals surface area contributed by atoms with E-state index >= 15 is 0 Å². The summed E-state index contributed by atoms with van der Waals surface area (Å²) in [5.74, 6) is 0.879. The van der Waals surface area contributed by atoms with E-state index in [1.54, 1.807) is 12.3 Å². The lowest BCUT2D eigenvalue weighted by Gasteiger charge is -2.32. The fraction of sp³-hybridized carbons (Fsp3) is 0.647. The molecule has 1 fully saturated rings. The smallest absolute Gasteiger partial charge is 0.223 e. The molecule has 0 spiro atoms. The van der Waals surface area contributed by atoms with Crippen molar-refractivity contribution in [3.63, 3.8) is 0 Å². The molecule has 128 valence electrons. The van der Waals surface area contributed by atoms with Crippen LogP contribution >= 0.6 is 0 Å². The van der Waals surface area contributed by atoms with Crippen molar-refractivity contribution in [3.8, 4) is 5.75 Å². The molecule has 6 heteroatoms. The number of nitrogens with zero attached hydrogens (tertiary/aromatic N) is 2. The second-order valence-corrected chi connectivity index (χ2v) is 7.33. The molecule has 0 saturated carbocycles. The van der Waals surface area contributed by atoms with Gasteiger partial charge in [-0.25, -0.2) is 0 Å². The number of aromatic nitrogens is 1. The highest BCUT2D eigenvalue weighted by Gasteiger charge is 2.36. The van der Waals surface area contributed by atoms with Gasteiger partial charge in [0.05, 0.1) is 7.11 Å². The van der Waals surface area contributed by atoms with E-state index in [1.165, 1.54) is 7.11 Å². The normalized spacial score (nSPS) is 18.8. The van der Waals surface area contributed by atoms with E-state index in [0.717, 1.165) is 18.8 Å². The quantitative estimate of drug-likeness (QED) is 0.892. The van der Waals surface area contributed by atoms with Crippen molar-refractivity contribution in [1.82, 2.24) is 14.8 Å².